The molecule has 0 saturated heterocycles. The number of allylic oxidation sites excluding steroid dienone is 1. The molecule has 0 aromatic rings. The quantitative estimate of drug-likeness (QED) is 0.0363. The molecule has 0 aliphatic rings. The SMILES string of the molecule is CCCCCCC/C=C/NCC(O)C(O)C(O)(OC(=O)CCC)C(O)(OC(=O)CCC)C(O)(OC(=O)CCC)OC(=O)CCC. The van der Waals surface area contributed by atoms with Crippen molar-refractivity contribution < 1.29 is 63.7 Å². The molecule has 0 rings (SSSR count). The predicted molar refractivity (Wildman–Crippen MR) is 161 cm³/mol. The summed E-state index contributed by atoms with van der Waals surface area (Å²) in [5, 5.41) is 59.9. The van der Waals surface area contributed by atoms with E-state index in [9.17, 15) is 44.7 Å². The maximum absolute atomic E-state index is 12.7. The van der Waals surface area contributed by atoms with Gasteiger partial charge in [-0.05, 0) is 44.7 Å². The fraction of sp³-hybridized carbons (Fsp3) is 0.806. The number of hydrogen-bond acceptors (Lipinski definition) is 14. The number of nitrogens with one attached hydrogen (secondary N) is 1. The van der Waals surface area contributed by atoms with Crippen LogP contribution < -0.4 is 5.32 Å². The summed E-state index contributed by atoms with van der Waals surface area (Å²) in [6.07, 6.45) is 3.39. The zero-order valence-corrected chi connectivity index (χ0v) is 27.4. The highest BCUT2D eigenvalue weighted by atomic mass is 16.9. The molecule has 14 nitrogen and oxygen atoms in total. The predicted octanol–water partition coefficient (Wildman–Crippen LogP) is 2.57. The Morgan fingerprint density at radius 2 is 1.09 bits per heavy atom. The molecule has 0 aromatic carbocycles. The highest BCUT2D eigenvalue weighted by Crippen LogP contribution is 2.42. The highest BCUT2D eigenvalue weighted by molar-refractivity contribution is 5.73. The zero-order chi connectivity index (χ0) is 34.5. The lowest BCUT2D eigenvalue weighted by molar-refractivity contribution is -0.513. The van der Waals surface area contributed by atoms with Gasteiger partial charge in [-0.3, -0.25) is 19.2 Å². The molecule has 0 aliphatic carbocycles. The Morgan fingerprint density at radius 1 is 0.644 bits per heavy atom. The van der Waals surface area contributed by atoms with E-state index in [2.05, 4.69) is 12.2 Å². The molecule has 0 aromatic heterocycles. The van der Waals surface area contributed by atoms with E-state index in [4.69, 9.17) is 18.9 Å². The topological polar surface area (TPSA) is 218 Å². The minimum atomic E-state index is -4.21. The first-order valence-corrected chi connectivity index (χ1v) is 16.0. The van der Waals surface area contributed by atoms with E-state index >= 15 is 0 Å². The third-order valence-electron chi connectivity index (χ3n) is 6.57. The smallest absolute Gasteiger partial charge is 0.422 e. The average Bonchev–Trinajstić information content (AvgIpc) is 2.95. The third kappa shape index (κ3) is 13.6. The number of rotatable bonds is 25. The number of hydrogen-bond donors (Lipinski definition) is 6. The molecular formula is C31H55NO13. The fourth-order valence-electron chi connectivity index (χ4n) is 4.11. The van der Waals surface area contributed by atoms with Gasteiger partial charge in [-0.15, -0.1) is 0 Å². The Morgan fingerprint density at radius 3 is 1.56 bits per heavy atom. The second-order valence-corrected chi connectivity index (χ2v) is 10.8. The van der Waals surface area contributed by atoms with Crippen molar-refractivity contribution in [3.8, 4) is 0 Å². The highest BCUT2D eigenvalue weighted by Gasteiger charge is 2.77. The molecule has 262 valence electrons. The molecule has 0 spiro atoms. The van der Waals surface area contributed by atoms with E-state index in [1.165, 1.54) is 6.20 Å². The van der Waals surface area contributed by atoms with Crippen molar-refractivity contribution in [1.82, 2.24) is 5.32 Å². The van der Waals surface area contributed by atoms with Crippen LogP contribution in [0.2, 0.25) is 0 Å². The summed E-state index contributed by atoms with van der Waals surface area (Å²) >= 11 is 0. The number of aliphatic hydroxyl groups excluding tert-OH is 2. The first kappa shape index (κ1) is 42.2. The van der Waals surface area contributed by atoms with Gasteiger partial charge >= 0.3 is 41.4 Å². The van der Waals surface area contributed by atoms with Gasteiger partial charge in [0.05, 0.1) is 0 Å². The van der Waals surface area contributed by atoms with Gasteiger partial charge in [-0.1, -0.05) is 66.4 Å². The van der Waals surface area contributed by atoms with Crippen molar-refractivity contribution >= 4 is 23.9 Å². The Kier molecular flexibility index (Phi) is 20.5. The summed E-state index contributed by atoms with van der Waals surface area (Å²) in [7, 11) is 0. The number of aliphatic hydroxyl groups is 5. The number of ether oxygens (including phenoxy) is 4. The Labute approximate surface area is 266 Å². The molecule has 0 heterocycles. The van der Waals surface area contributed by atoms with E-state index in [-0.39, 0.29) is 25.7 Å². The summed E-state index contributed by atoms with van der Waals surface area (Å²) in [5.41, 5.74) is 0. The van der Waals surface area contributed by atoms with Crippen molar-refractivity contribution in [2.24, 2.45) is 0 Å². The second kappa shape index (κ2) is 21.9. The van der Waals surface area contributed by atoms with Crippen molar-refractivity contribution in [2.45, 2.75) is 154 Å². The molecule has 0 aliphatic heterocycles. The molecule has 0 amide bonds. The van der Waals surface area contributed by atoms with Crippen LogP contribution in [0.3, 0.4) is 0 Å². The first-order chi connectivity index (χ1) is 21.2. The lowest BCUT2D eigenvalue weighted by atomic mass is 9.92. The van der Waals surface area contributed by atoms with Crippen molar-refractivity contribution in [3.63, 3.8) is 0 Å². The van der Waals surface area contributed by atoms with E-state index in [0.29, 0.717) is 0 Å². The molecule has 0 radical (unpaired) electrons. The van der Waals surface area contributed by atoms with Crippen LogP contribution in [0.4, 0.5) is 0 Å². The van der Waals surface area contributed by atoms with Crippen LogP contribution in [0.25, 0.3) is 0 Å². The molecule has 4 atom stereocenters. The van der Waals surface area contributed by atoms with Gasteiger partial charge in [0.2, 0.25) is 0 Å². The van der Waals surface area contributed by atoms with Crippen LogP contribution in [-0.4, -0.2) is 85.7 Å². The van der Waals surface area contributed by atoms with Crippen LogP contribution in [0, 0.1) is 0 Å². The van der Waals surface area contributed by atoms with Gasteiger partial charge in [-0.2, -0.15) is 0 Å². The molecule has 14 heteroatoms. The maximum Gasteiger partial charge on any atom is 0.451 e. The van der Waals surface area contributed by atoms with Crippen molar-refractivity contribution in [2.75, 3.05) is 6.54 Å². The summed E-state index contributed by atoms with van der Waals surface area (Å²) in [6.45, 7) is 7.84. The van der Waals surface area contributed by atoms with Crippen LogP contribution in [0.1, 0.15) is 125 Å². The zero-order valence-electron chi connectivity index (χ0n) is 27.4. The number of carbonyl (C=O) groups excluding carboxylic acids is 4. The molecular weight excluding hydrogens is 594 g/mol. The lowest BCUT2D eigenvalue weighted by Crippen LogP contribution is -2.78. The Balaban J connectivity index is 6.76. The maximum atomic E-state index is 12.7. The molecule has 45 heavy (non-hydrogen) atoms. The molecule has 0 fully saturated rings. The molecule has 4 unspecified atom stereocenters. The third-order valence-corrected chi connectivity index (χ3v) is 6.57. The largest absolute Gasteiger partial charge is 0.451 e. The Bertz CT molecular complexity index is 907. The van der Waals surface area contributed by atoms with Gasteiger partial charge in [0.1, 0.15) is 6.10 Å². The van der Waals surface area contributed by atoms with Crippen LogP contribution in [-0.2, 0) is 38.1 Å². The van der Waals surface area contributed by atoms with Crippen LogP contribution in [0.15, 0.2) is 12.3 Å². The van der Waals surface area contributed by atoms with Gasteiger partial charge in [-0.25, -0.2) is 0 Å². The van der Waals surface area contributed by atoms with Crippen LogP contribution in [0.5, 0.6) is 0 Å². The summed E-state index contributed by atoms with van der Waals surface area (Å²) < 4.78 is 19.8. The van der Waals surface area contributed by atoms with Gasteiger partial charge < -0.3 is 49.8 Å². The normalized spacial score (nSPS) is 15.8. The first-order valence-electron chi connectivity index (χ1n) is 16.0. The minimum absolute atomic E-state index is 0.118. The fourth-order valence-corrected chi connectivity index (χ4v) is 4.11. The van der Waals surface area contributed by atoms with E-state index < -0.39 is 85.9 Å². The summed E-state index contributed by atoms with van der Waals surface area (Å²) in [5.74, 6) is -17.4. The van der Waals surface area contributed by atoms with Crippen molar-refractivity contribution in [3.05, 3.63) is 12.3 Å². The summed E-state index contributed by atoms with van der Waals surface area (Å²) in [4.78, 5) is 50.6. The minimum Gasteiger partial charge on any atom is -0.422 e. The van der Waals surface area contributed by atoms with E-state index in [0.717, 1.165) is 38.5 Å². The second-order valence-electron chi connectivity index (χ2n) is 10.8. The van der Waals surface area contributed by atoms with Crippen molar-refractivity contribution in [1.29, 1.82) is 0 Å². The number of unbranched alkanes of at least 4 members (excludes halogenated alkanes) is 5. The molecule has 0 saturated carbocycles. The molecule has 6 N–H and O–H groups in total. The summed E-state index contributed by atoms with van der Waals surface area (Å²) in [6, 6.07) is 0. The number of esters is 4. The Hall–Kier alpha value is -2.78. The number of carbonyl (C=O) groups is 4. The average molecular weight is 650 g/mol. The van der Waals surface area contributed by atoms with Gasteiger partial charge in [0, 0.05) is 32.2 Å². The molecule has 0 bridgehead atoms. The van der Waals surface area contributed by atoms with Gasteiger partial charge in [0.15, 0.2) is 6.10 Å². The van der Waals surface area contributed by atoms with Crippen LogP contribution >= 0.6 is 0 Å². The van der Waals surface area contributed by atoms with E-state index in [1.54, 1.807) is 33.8 Å². The lowest BCUT2D eigenvalue weighted by Gasteiger charge is -2.48. The monoisotopic (exact) mass is 649 g/mol. The van der Waals surface area contributed by atoms with Gasteiger partial charge in [0.25, 0.3) is 0 Å². The standard InChI is InChI=1S/C31H55NO13/c1-6-11-12-13-14-15-16-21-32-22-23(33)28(38)29(39,42-24(34)17-7-2)30(40,43-25(35)18-8-3)31(41,44-26(36)19-9-4)45-27(37)20-10-5/h16,21,23,28,32-33,38-41H,6-15,17-20,22H2,1-5H3/b21-16+. The van der Waals surface area contributed by atoms with E-state index in [1.807, 2.05) is 0 Å².